The van der Waals surface area contributed by atoms with Gasteiger partial charge in [0.2, 0.25) is 0 Å². The molecule has 0 spiro atoms. The highest BCUT2D eigenvalue weighted by Gasteiger charge is 2.26. The Labute approximate surface area is 109 Å². The highest BCUT2D eigenvalue weighted by atomic mass is 16.5. The molecular formula is C14H22N2O2. The van der Waals surface area contributed by atoms with Gasteiger partial charge in [-0.1, -0.05) is 6.92 Å². The zero-order chi connectivity index (χ0) is 13.1. The summed E-state index contributed by atoms with van der Waals surface area (Å²) in [4.78, 5) is 2.38. The Kier molecular flexibility index (Phi) is 4.09. The summed E-state index contributed by atoms with van der Waals surface area (Å²) in [5.41, 5.74) is 7.24. The smallest absolute Gasteiger partial charge is 0.122 e. The topological polar surface area (TPSA) is 47.7 Å². The van der Waals surface area contributed by atoms with Crippen LogP contribution in [-0.4, -0.2) is 38.3 Å². The Morgan fingerprint density at radius 2 is 1.78 bits per heavy atom. The molecule has 4 heteroatoms. The fourth-order valence-corrected chi connectivity index (χ4v) is 2.44. The van der Waals surface area contributed by atoms with Crippen LogP contribution in [0, 0.1) is 5.92 Å². The summed E-state index contributed by atoms with van der Waals surface area (Å²) in [6, 6.07) is 6.29. The Morgan fingerprint density at radius 1 is 1.17 bits per heavy atom. The van der Waals surface area contributed by atoms with Gasteiger partial charge in [0.05, 0.1) is 14.2 Å². The third-order valence-electron chi connectivity index (χ3n) is 3.56. The van der Waals surface area contributed by atoms with Crippen LogP contribution >= 0.6 is 0 Å². The number of likely N-dealkylation sites (tertiary alicyclic amines) is 1. The molecule has 0 aliphatic carbocycles. The molecule has 0 saturated carbocycles. The number of hydrogen-bond donors (Lipinski definition) is 1. The summed E-state index contributed by atoms with van der Waals surface area (Å²) in [5, 5.41) is 0. The molecule has 0 amide bonds. The molecule has 2 atom stereocenters. The van der Waals surface area contributed by atoms with Crippen molar-refractivity contribution in [3.63, 3.8) is 0 Å². The normalized spacial score (nSPS) is 24.2. The first kappa shape index (κ1) is 13.2. The van der Waals surface area contributed by atoms with E-state index in [9.17, 15) is 0 Å². The van der Waals surface area contributed by atoms with Crippen LogP contribution in [0.15, 0.2) is 18.2 Å². The zero-order valence-corrected chi connectivity index (χ0v) is 11.3. The minimum atomic E-state index is 0.289. The summed E-state index contributed by atoms with van der Waals surface area (Å²) >= 11 is 0. The lowest BCUT2D eigenvalue weighted by atomic mass is 10.1. The molecule has 2 rings (SSSR count). The van der Waals surface area contributed by atoms with E-state index in [4.69, 9.17) is 15.2 Å². The predicted octanol–water partition coefficient (Wildman–Crippen LogP) is 1.48. The van der Waals surface area contributed by atoms with E-state index in [1.54, 1.807) is 14.2 Å². The van der Waals surface area contributed by atoms with Crippen molar-refractivity contribution in [3.8, 4) is 11.5 Å². The van der Waals surface area contributed by atoms with E-state index < -0.39 is 0 Å². The second-order valence-corrected chi connectivity index (χ2v) is 5.06. The lowest BCUT2D eigenvalue weighted by Gasteiger charge is -2.16. The molecule has 1 aromatic rings. The van der Waals surface area contributed by atoms with Crippen molar-refractivity contribution >= 4 is 0 Å². The van der Waals surface area contributed by atoms with Crippen LogP contribution in [0.4, 0.5) is 0 Å². The fourth-order valence-electron chi connectivity index (χ4n) is 2.44. The van der Waals surface area contributed by atoms with Crippen molar-refractivity contribution in [2.75, 3.05) is 27.3 Å². The Bertz CT molecular complexity index is 377. The summed E-state index contributed by atoms with van der Waals surface area (Å²) < 4.78 is 10.6. The highest BCUT2D eigenvalue weighted by molar-refractivity contribution is 5.38. The molecule has 1 fully saturated rings. The van der Waals surface area contributed by atoms with Crippen LogP contribution < -0.4 is 15.2 Å². The zero-order valence-electron chi connectivity index (χ0n) is 11.3. The highest BCUT2D eigenvalue weighted by Crippen LogP contribution is 2.25. The van der Waals surface area contributed by atoms with Crippen molar-refractivity contribution < 1.29 is 9.47 Å². The minimum absolute atomic E-state index is 0.289. The Balaban J connectivity index is 2.09. The summed E-state index contributed by atoms with van der Waals surface area (Å²) in [7, 11) is 3.35. The van der Waals surface area contributed by atoms with E-state index in [-0.39, 0.29) is 6.04 Å². The second kappa shape index (κ2) is 5.59. The van der Waals surface area contributed by atoms with Crippen LogP contribution in [0.5, 0.6) is 11.5 Å². The molecule has 2 unspecified atom stereocenters. The van der Waals surface area contributed by atoms with Gasteiger partial charge in [0.25, 0.3) is 0 Å². The number of methoxy groups -OCH3 is 2. The Hall–Kier alpha value is -1.26. The van der Waals surface area contributed by atoms with Crippen LogP contribution in [0.3, 0.4) is 0 Å². The molecule has 18 heavy (non-hydrogen) atoms. The van der Waals surface area contributed by atoms with Gasteiger partial charge >= 0.3 is 0 Å². The first-order valence-corrected chi connectivity index (χ1v) is 6.32. The maximum atomic E-state index is 6.04. The van der Waals surface area contributed by atoms with Gasteiger partial charge in [-0.05, 0) is 23.6 Å². The van der Waals surface area contributed by atoms with E-state index in [0.717, 1.165) is 31.1 Å². The van der Waals surface area contributed by atoms with Crippen LogP contribution in [0.2, 0.25) is 0 Å². The Morgan fingerprint density at radius 3 is 2.22 bits per heavy atom. The monoisotopic (exact) mass is 250 g/mol. The number of nitrogens with two attached hydrogens (primary N) is 1. The second-order valence-electron chi connectivity index (χ2n) is 5.06. The number of hydrogen-bond acceptors (Lipinski definition) is 4. The summed E-state index contributed by atoms with van der Waals surface area (Å²) in [5.74, 6) is 2.24. The van der Waals surface area contributed by atoms with Crippen molar-refractivity contribution in [1.82, 2.24) is 4.90 Å². The third-order valence-corrected chi connectivity index (χ3v) is 3.56. The molecule has 1 aliphatic heterocycles. The maximum Gasteiger partial charge on any atom is 0.122 e. The predicted molar refractivity (Wildman–Crippen MR) is 72.0 cm³/mol. The summed E-state index contributed by atoms with van der Waals surface area (Å²) in [6.07, 6.45) is 0. The van der Waals surface area contributed by atoms with Crippen LogP contribution in [0.1, 0.15) is 12.5 Å². The van der Waals surface area contributed by atoms with E-state index in [1.807, 2.05) is 6.07 Å². The average Bonchev–Trinajstić information content (AvgIpc) is 2.67. The third kappa shape index (κ3) is 2.94. The SMILES string of the molecule is COc1cc(CN2CC(C)C(N)C2)cc(OC)c1. The van der Waals surface area contributed by atoms with E-state index in [2.05, 4.69) is 24.0 Å². The van der Waals surface area contributed by atoms with Gasteiger partial charge in [-0.2, -0.15) is 0 Å². The van der Waals surface area contributed by atoms with Crippen molar-refractivity contribution in [3.05, 3.63) is 23.8 Å². The fraction of sp³-hybridized carbons (Fsp3) is 0.571. The van der Waals surface area contributed by atoms with Gasteiger partial charge in [-0.3, -0.25) is 4.90 Å². The van der Waals surface area contributed by atoms with Gasteiger partial charge in [0, 0.05) is 31.7 Å². The molecule has 0 bridgehead atoms. The summed E-state index contributed by atoms with van der Waals surface area (Å²) in [6.45, 7) is 5.11. The molecule has 0 aromatic heterocycles. The van der Waals surface area contributed by atoms with Crippen LogP contribution in [0.25, 0.3) is 0 Å². The molecule has 1 heterocycles. The molecule has 1 aliphatic rings. The molecule has 4 nitrogen and oxygen atoms in total. The number of benzene rings is 1. The molecular weight excluding hydrogens is 228 g/mol. The van der Waals surface area contributed by atoms with Crippen molar-refractivity contribution in [2.24, 2.45) is 11.7 Å². The van der Waals surface area contributed by atoms with Gasteiger partial charge in [0.15, 0.2) is 0 Å². The standard InChI is InChI=1S/C14H22N2O2/c1-10-7-16(9-14(10)15)8-11-4-12(17-2)6-13(5-11)18-3/h4-6,10,14H,7-9,15H2,1-3H3. The molecule has 1 aromatic carbocycles. The van der Waals surface area contributed by atoms with Gasteiger partial charge in [0.1, 0.15) is 11.5 Å². The maximum absolute atomic E-state index is 6.04. The molecule has 2 N–H and O–H groups in total. The largest absolute Gasteiger partial charge is 0.497 e. The molecule has 100 valence electrons. The van der Waals surface area contributed by atoms with Crippen molar-refractivity contribution in [2.45, 2.75) is 19.5 Å². The lowest BCUT2D eigenvalue weighted by molar-refractivity contribution is 0.316. The number of ether oxygens (including phenoxy) is 2. The first-order chi connectivity index (χ1) is 8.62. The van der Waals surface area contributed by atoms with Gasteiger partial charge in [-0.25, -0.2) is 0 Å². The van der Waals surface area contributed by atoms with Crippen LogP contribution in [-0.2, 0) is 6.54 Å². The van der Waals surface area contributed by atoms with Crippen molar-refractivity contribution in [1.29, 1.82) is 0 Å². The quantitative estimate of drug-likeness (QED) is 0.879. The number of rotatable bonds is 4. The molecule has 0 radical (unpaired) electrons. The lowest BCUT2D eigenvalue weighted by Crippen LogP contribution is -2.28. The van der Waals surface area contributed by atoms with Gasteiger partial charge < -0.3 is 15.2 Å². The minimum Gasteiger partial charge on any atom is -0.497 e. The van der Waals surface area contributed by atoms with E-state index in [0.29, 0.717) is 5.92 Å². The van der Waals surface area contributed by atoms with E-state index in [1.165, 1.54) is 5.56 Å². The average molecular weight is 250 g/mol. The first-order valence-electron chi connectivity index (χ1n) is 6.32. The molecule has 1 saturated heterocycles. The number of nitrogens with zero attached hydrogens (tertiary/aromatic N) is 1. The van der Waals surface area contributed by atoms with E-state index >= 15 is 0 Å². The van der Waals surface area contributed by atoms with Gasteiger partial charge in [-0.15, -0.1) is 0 Å².